The highest BCUT2D eigenvalue weighted by atomic mass is 79.9. The van der Waals surface area contributed by atoms with Crippen LogP contribution in [0, 0.1) is 0 Å². The van der Waals surface area contributed by atoms with Gasteiger partial charge >= 0.3 is 6.09 Å². The molecule has 0 radical (unpaired) electrons. The van der Waals surface area contributed by atoms with Crippen LogP contribution in [0.1, 0.15) is 31.4 Å². The first-order valence-corrected chi connectivity index (χ1v) is 9.54. The third kappa shape index (κ3) is 4.73. The van der Waals surface area contributed by atoms with Gasteiger partial charge in [-0.25, -0.2) is 4.79 Å². The predicted molar refractivity (Wildman–Crippen MR) is 98.2 cm³/mol. The van der Waals surface area contributed by atoms with Crippen molar-refractivity contribution in [3.63, 3.8) is 0 Å². The smallest absolute Gasteiger partial charge is 0.410 e. The van der Waals surface area contributed by atoms with Gasteiger partial charge in [0, 0.05) is 37.1 Å². The third-order valence-corrected chi connectivity index (χ3v) is 5.43. The highest BCUT2D eigenvalue weighted by Gasteiger charge is 2.31. The number of nitrogens with zero attached hydrogens (tertiary/aromatic N) is 2. The Hall–Kier alpha value is -1.60. The SMILES string of the molecule is CC(c1ccc(Br)cc1)N1CCC(CCN2CCNC(=O)C2)OC1=O. The van der Waals surface area contributed by atoms with Gasteiger partial charge < -0.3 is 15.0 Å². The van der Waals surface area contributed by atoms with Crippen LogP contribution in [-0.2, 0) is 9.53 Å². The van der Waals surface area contributed by atoms with Gasteiger partial charge in [0.05, 0.1) is 12.6 Å². The van der Waals surface area contributed by atoms with Gasteiger partial charge in [0.2, 0.25) is 5.91 Å². The second-order valence-corrected chi connectivity index (χ2v) is 7.55. The van der Waals surface area contributed by atoms with Crippen molar-refractivity contribution in [2.24, 2.45) is 0 Å². The number of carbonyl (C=O) groups excluding carboxylic acids is 2. The molecule has 25 heavy (non-hydrogen) atoms. The molecule has 1 aromatic rings. The lowest BCUT2D eigenvalue weighted by molar-refractivity contribution is -0.124. The van der Waals surface area contributed by atoms with E-state index in [2.05, 4.69) is 26.1 Å². The van der Waals surface area contributed by atoms with Crippen molar-refractivity contribution in [3.8, 4) is 0 Å². The molecule has 6 nitrogen and oxygen atoms in total. The first kappa shape index (κ1) is 18.2. The predicted octanol–water partition coefficient (Wildman–Crippen LogP) is 2.54. The van der Waals surface area contributed by atoms with Crippen molar-refractivity contribution >= 4 is 27.9 Å². The second-order valence-electron chi connectivity index (χ2n) is 6.63. The molecule has 136 valence electrons. The van der Waals surface area contributed by atoms with Crippen LogP contribution in [-0.4, -0.2) is 60.6 Å². The highest BCUT2D eigenvalue weighted by Crippen LogP contribution is 2.27. The van der Waals surface area contributed by atoms with Gasteiger partial charge in [-0.05, 0) is 31.0 Å². The molecule has 3 rings (SSSR count). The number of carbonyl (C=O) groups is 2. The van der Waals surface area contributed by atoms with Crippen LogP contribution in [0.15, 0.2) is 28.7 Å². The molecule has 0 bridgehead atoms. The molecule has 2 saturated heterocycles. The number of benzene rings is 1. The maximum absolute atomic E-state index is 12.4. The number of halogens is 1. The van der Waals surface area contributed by atoms with Gasteiger partial charge in [-0.2, -0.15) is 0 Å². The fourth-order valence-electron chi connectivity index (χ4n) is 3.33. The topological polar surface area (TPSA) is 61.9 Å². The molecule has 0 saturated carbocycles. The van der Waals surface area contributed by atoms with Crippen LogP contribution < -0.4 is 5.32 Å². The number of piperazine rings is 1. The van der Waals surface area contributed by atoms with E-state index in [1.54, 1.807) is 4.90 Å². The van der Waals surface area contributed by atoms with E-state index in [0.717, 1.165) is 36.0 Å². The minimum Gasteiger partial charge on any atom is -0.446 e. The number of rotatable bonds is 5. The number of ether oxygens (including phenoxy) is 1. The molecule has 2 heterocycles. The van der Waals surface area contributed by atoms with Crippen molar-refractivity contribution in [1.82, 2.24) is 15.1 Å². The zero-order valence-electron chi connectivity index (χ0n) is 14.4. The van der Waals surface area contributed by atoms with Crippen LogP contribution in [0.3, 0.4) is 0 Å². The van der Waals surface area contributed by atoms with Gasteiger partial charge in [-0.15, -0.1) is 0 Å². The Morgan fingerprint density at radius 1 is 1.28 bits per heavy atom. The number of cyclic esters (lactones) is 1. The van der Waals surface area contributed by atoms with E-state index in [0.29, 0.717) is 19.6 Å². The molecule has 2 unspecified atom stereocenters. The maximum atomic E-state index is 12.4. The average Bonchev–Trinajstić information content (AvgIpc) is 2.60. The first-order chi connectivity index (χ1) is 12.0. The van der Waals surface area contributed by atoms with E-state index in [4.69, 9.17) is 4.74 Å². The normalized spacial score (nSPS) is 23.1. The summed E-state index contributed by atoms with van der Waals surface area (Å²) in [6.07, 6.45) is 1.29. The largest absolute Gasteiger partial charge is 0.446 e. The summed E-state index contributed by atoms with van der Waals surface area (Å²) < 4.78 is 6.66. The molecule has 2 amide bonds. The summed E-state index contributed by atoms with van der Waals surface area (Å²) in [5.74, 6) is 0.0707. The number of hydrogen-bond acceptors (Lipinski definition) is 4. The summed E-state index contributed by atoms with van der Waals surface area (Å²) >= 11 is 3.43. The summed E-state index contributed by atoms with van der Waals surface area (Å²) in [6.45, 7) is 5.50. The van der Waals surface area contributed by atoms with Gasteiger partial charge in [0.25, 0.3) is 0 Å². The van der Waals surface area contributed by atoms with Crippen LogP contribution >= 0.6 is 15.9 Å². The molecule has 1 N–H and O–H groups in total. The Kier molecular flexibility index (Phi) is 5.96. The maximum Gasteiger partial charge on any atom is 0.410 e. The fraction of sp³-hybridized carbons (Fsp3) is 0.556. The first-order valence-electron chi connectivity index (χ1n) is 8.74. The monoisotopic (exact) mass is 409 g/mol. The zero-order valence-corrected chi connectivity index (χ0v) is 16.0. The Balaban J connectivity index is 1.49. The summed E-state index contributed by atoms with van der Waals surface area (Å²) in [7, 11) is 0. The molecular weight excluding hydrogens is 386 g/mol. The van der Waals surface area contributed by atoms with Crippen LogP contribution in [0.4, 0.5) is 4.79 Å². The summed E-state index contributed by atoms with van der Waals surface area (Å²) in [5, 5.41) is 2.82. The average molecular weight is 410 g/mol. The number of amides is 2. The van der Waals surface area contributed by atoms with Crippen LogP contribution in [0.2, 0.25) is 0 Å². The number of nitrogens with one attached hydrogen (secondary N) is 1. The molecule has 7 heteroatoms. The molecule has 2 aliphatic rings. The van der Waals surface area contributed by atoms with Gasteiger partial charge in [-0.3, -0.25) is 9.69 Å². The standard InChI is InChI=1S/C18H24BrN3O3/c1-13(14-2-4-15(19)5-3-14)22-10-7-16(25-18(22)24)6-9-21-11-8-20-17(23)12-21/h2-5,13,16H,6-12H2,1H3,(H,20,23). The van der Waals surface area contributed by atoms with Crippen LogP contribution in [0.5, 0.6) is 0 Å². The highest BCUT2D eigenvalue weighted by molar-refractivity contribution is 9.10. The van der Waals surface area contributed by atoms with Crippen molar-refractivity contribution in [1.29, 1.82) is 0 Å². The molecule has 0 aliphatic carbocycles. The summed E-state index contributed by atoms with van der Waals surface area (Å²) in [4.78, 5) is 27.7. The lowest BCUT2D eigenvalue weighted by Gasteiger charge is -2.36. The molecular formula is C18H24BrN3O3. The lowest BCUT2D eigenvalue weighted by Crippen LogP contribution is -2.49. The van der Waals surface area contributed by atoms with E-state index in [1.807, 2.05) is 31.2 Å². The number of hydrogen-bond donors (Lipinski definition) is 1. The van der Waals surface area contributed by atoms with E-state index in [-0.39, 0.29) is 24.1 Å². The molecule has 0 aromatic heterocycles. The molecule has 2 fully saturated rings. The third-order valence-electron chi connectivity index (χ3n) is 4.90. The van der Waals surface area contributed by atoms with Gasteiger partial charge in [-0.1, -0.05) is 28.1 Å². The Morgan fingerprint density at radius 2 is 2.04 bits per heavy atom. The van der Waals surface area contributed by atoms with E-state index in [1.165, 1.54) is 0 Å². The Bertz CT molecular complexity index is 622. The summed E-state index contributed by atoms with van der Waals surface area (Å²) in [6, 6.07) is 8.01. The molecule has 2 atom stereocenters. The summed E-state index contributed by atoms with van der Waals surface area (Å²) in [5.41, 5.74) is 1.10. The van der Waals surface area contributed by atoms with Gasteiger partial charge in [0.1, 0.15) is 6.10 Å². The zero-order chi connectivity index (χ0) is 17.8. The Labute approximate surface area is 156 Å². The van der Waals surface area contributed by atoms with Crippen molar-refractivity contribution in [3.05, 3.63) is 34.3 Å². The quantitative estimate of drug-likeness (QED) is 0.811. The minimum absolute atomic E-state index is 0.00709. The Morgan fingerprint density at radius 3 is 2.72 bits per heavy atom. The lowest BCUT2D eigenvalue weighted by atomic mass is 10.1. The van der Waals surface area contributed by atoms with E-state index >= 15 is 0 Å². The van der Waals surface area contributed by atoms with Gasteiger partial charge in [0.15, 0.2) is 0 Å². The van der Waals surface area contributed by atoms with Crippen molar-refractivity contribution < 1.29 is 14.3 Å². The van der Waals surface area contributed by atoms with Crippen LogP contribution in [0.25, 0.3) is 0 Å². The van der Waals surface area contributed by atoms with E-state index < -0.39 is 0 Å². The second kappa shape index (κ2) is 8.19. The molecule has 1 aromatic carbocycles. The van der Waals surface area contributed by atoms with E-state index in [9.17, 15) is 9.59 Å². The fourth-order valence-corrected chi connectivity index (χ4v) is 3.59. The molecule has 0 spiro atoms. The van der Waals surface area contributed by atoms with Crippen molar-refractivity contribution in [2.75, 3.05) is 32.7 Å². The molecule has 2 aliphatic heterocycles. The minimum atomic E-state index is -0.247. The van der Waals surface area contributed by atoms with Crippen molar-refractivity contribution in [2.45, 2.75) is 31.9 Å².